The van der Waals surface area contributed by atoms with Crippen molar-refractivity contribution < 1.29 is 13.2 Å². The van der Waals surface area contributed by atoms with E-state index in [2.05, 4.69) is 21.7 Å². The first kappa shape index (κ1) is 19.1. The molecule has 0 bridgehead atoms. The van der Waals surface area contributed by atoms with E-state index >= 15 is 0 Å². The summed E-state index contributed by atoms with van der Waals surface area (Å²) in [5, 5.41) is 8.41. The smallest absolute Gasteiger partial charge is 0.223 e. The van der Waals surface area contributed by atoms with Gasteiger partial charge in [0.05, 0.1) is 10.6 Å². The lowest BCUT2D eigenvalue weighted by atomic mass is 9.62. The van der Waals surface area contributed by atoms with Crippen LogP contribution in [0.3, 0.4) is 0 Å². The van der Waals surface area contributed by atoms with Crippen molar-refractivity contribution in [3.63, 3.8) is 0 Å². The fourth-order valence-electron chi connectivity index (χ4n) is 4.55. The van der Waals surface area contributed by atoms with Crippen LogP contribution in [0.2, 0.25) is 0 Å². The predicted octanol–water partition coefficient (Wildman–Crippen LogP) is 2.26. The molecule has 150 valence electrons. The Bertz CT molecular complexity index is 951. The second-order valence-corrected chi connectivity index (χ2v) is 10.0. The van der Waals surface area contributed by atoms with Gasteiger partial charge in [0.2, 0.25) is 5.91 Å². The monoisotopic (exact) mass is 402 g/mol. The summed E-state index contributed by atoms with van der Waals surface area (Å²) in [4.78, 5) is 15.0. The van der Waals surface area contributed by atoms with Crippen LogP contribution in [-0.2, 0) is 21.2 Å². The molecule has 1 aliphatic heterocycles. The standard InChI is InChI=1S/C20H26N4O3S/c1-2-23-15-21-22-19(23)17-13-24(14-20(17)10-6-11-20)18(25)9-12-28(26,27)16-7-4-3-5-8-16/h3-5,7-8,15,17H,2,6,9-14H2,1H3. The topological polar surface area (TPSA) is 85.2 Å². The highest BCUT2D eigenvalue weighted by molar-refractivity contribution is 7.91. The predicted molar refractivity (Wildman–Crippen MR) is 104 cm³/mol. The van der Waals surface area contributed by atoms with Crippen LogP contribution in [0.25, 0.3) is 0 Å². The highest BCUT2D eigenvalue weighted by Crippen LogP contribution is 2.55. The zero-order valence-electron chi connectivity index (χ0n) is 16.1. The minimum Gasteiger partial charge on any atom is -0.341 e. The molecule has 1 atom stereocenters. The van der Waals surface area contributed by atoms with E-state index in [1.807, 2.05) is 4.90 Å². The molecule has 1 saturated carbocycles. The number of hydrogen-bond donors (Lipinski definition) is 0. The Balaban J connectivity index is 1.46. The van der Waals surface area contributed by atoms with Crippen molar-refractivity contribution >= 4 is 15.7 Å². The number of benzene rings is 1. The van der Waals surface area contributed by atoms with Crippen LogP contribution in [0.4, 0.5) is 0 Å². The van der Waals surface area contributed by atoms with E-state index in [9.17, 15) is 13.2 Å². The first-order valence-electron chi connectivity index (χ1n) is 9.88. The summed E-state index contributed by atoms with van der Waals surface area (Å²) in [6.07, 6.45) is 5.10. The van der Waals surface area contributed by atoms with Crippen LogP contribution in [0.1, 0.15) is 44.3 Å². The van der Waals surface area contributed by atoms with Crippen molar-refractivity contribution in [3.8, 4) is 0 Å². The molecule has 0 radical (unpaired) electrons. The number of sulfone groups is 1. The van der Waals surface area contributed by atoms with E-state index in [1.165, 1.54) is 6.42 Å². The Labute approximate surface area is 165 Å². The van der Waals surface area contributed by atoms with Gasteiger partial charge in [-0.25, -0.2) is 8.42 Å². The summed E-state index contributed by atoms with van der Waals surface area (Å²) in [5.41, 5.74) is 0.0773. The maximum absolute atomic E-state index is 12.8. The molecule has 2 heterocycles. The summed E-state index contributed by atoms with van der Waals surface area (Å²) < 4.78 is 27.0. The van der Waals surface area contributed by atoms with Gasteiger partial charge in [0.15, 0.2) is 9.84 Å². The molecule has 2 aromatic rings. The van der Waals surface area contributed by atoms with E-state index in [0.717, 1.165) is 25.2 Å². The van der Waals surface area contributed by atoms with Crippen molar-refractivity contribution in [1.29, 1.82) is 0 Å². The zero-order chi connectivity index (χ0) is 19.8. The highest BCUT2D eigenvalue weighted by Gasteiger charge is 2.53. The Morgan fingerprint density at radius 3 is 2.64 bits per heavy atom. The number of likely N-dealkylation sites (tertiary alicyclic amines) is 1. The molecular weight excluding hydrogens is 376 g/mol. The Morgan fingerprint density at radius 2 is 2.00 bits per heavy atom. The summed E-state index contributed by atoms with van der Waals surface area (Å²) in [7, 11) is -3.45. The average molecular weight is 403 g/mol. The summed E-state index contributed by atoms with van der Waals surface area (Å²) in [5.74, 6) is 0.887. The van der Waals surface area contributed by atoms with Crippen molar-refractivity contribution in [2.75, 3.05) is 18.8 Å². The molecule has 1 spiro atoms. The fourth-order valence-corrected chi connectivity index (χ4v) is 5.81. The van der Waals surface area contributed by atoms with Crippen LogP contribution in [0.15, 0.2) is 41.6 Å². The first-order chi connectivity index (χ1) is 13.5. The van der Waals surface area contributed by atoms with E-state index < -0.39 is 9.84 Å². The SMILES string of the molecule is CCn1cnnc1C1CN(C(=O)CCS(=O)(=O)c2ccccc2)CC12CCC2. The van der Waals surface area contributed by atoms with Gasteiger partial charge in [-0.05, 0) is 37.3 Å². The number of carbonyl (C=O) groups is 1. The van der Waals surface area contributed by atoms with Crippen LogP contribution >= 0.6 is 0 Å². The van der Waals surface area contributed by atoms with Crippen LogP contribution in [0, 0.1) is 5.41 Å². The normalized spacial score (nSPS) is 21.0. The van der Waals surface area contributed by atoms with Gasteiger partial charge in [0, 0.05) is 32.0 Å². The molecule has 8 heteroatoms. The molecule has 1 amide bonds. The number of rotatable bonds is 6. The lowest BCUT2D eigenvalue weighted by molar-refractivity contribution is -0.130. The van der Waals surface area contributed by atoms with Gasteiger partial charge in [-0.1, -0.05) is 24.6 Å². The van der Waals surface area contributed by atoms with E-state index in [0.29, 0.717) is 13.1 Å². The van der Waals surface area contributed by atoms with Gasteiger partial charge < -0.3 is 9.47 Å². The minimum absolute atomic E-state index is 0.0144. The molecule has 1 aromatic heterocycles. The molecule has 1 unspecified atom stereocenters. The van der Waals surface area contributed by atoms with Crippen molar-refractivity contribution in [2.45, 2.75) is 50.0 Å². The van der Waals surface area contributed by atoms with Gasteiger partial charge in [0.1, 0.15) is 12.2 Å². The average Bonchev–Trinajstić information content (AvgIpc) is 3.30. The molecule has 1 aromatic carbocycles. The molecule has 0 N–H and O–H groups in total. The molecule has 1 saturated heterocycles. The molecule has 4 rings (SSSR count). The van der Waals surface area contributed by atoms with Crippen LogP contribution in [0.5, 0.6) is 0 Å². The number of aryl methyl sites for hydroxylation is 1. The minimum atomic E-state index is -3.45. The van der Waals surface area contributed by atoms with Gasteiger partial charge in [-0.15, -0.1) is 10.2 Å². The number of carbonyl (C=O) groups excluding carboxylic acids is 1. The number of nitrogens with zero attached hydrogens (tertiary/aromatic N) is 4. The molecule has 2 aliphatic rings. The van der Waals surface area contributed by atoms with Gasteiger partial charge in [-0.3, -0.25) is 4.79 Å². The molecule has 1 aliphatic carbocycles. The second-order valence-electron chi connectivity index (χ2n) is 7.90. The Morgan fingerprint density at radius 1 is 1.25 bits per heavy atom. The zero-order valence-corrected chi connectivity index (χ0v) is 16.9. The van der Waals surface area contributed by atoms with E-state index in [1.54, 1.807) is 36.7 Å². The Hall–Kier alpha value is -2.22. The van der Waals surface area contributed by atoms with E-state index in [-0.39, 0.29) is 34.3 Å². The third-order valence-electron chi connectivity index (χ3n) is 6.33. The van der Waals surface area contributed by atoms with Crippen molar-refractivity contribution in [2.24, 2.45) is 5.41 Å². The fraction of sp³-hybridized carbons (Fsp3) is 0.550. The Kier molecular flexibility index (Phi) is 4.99. The number of aromatic nitrogens is 3. The second kappa shape index (κ2) is 7.31. The summed E-state index contributed by atoms with van der Waals surface area (Å²) >= 11 is 0. The van der Waals surface area contributed by atoms with Crippen molar-refractivity contribution in [1.82, 2.24) is 19.7 Å². The van der Waals surface area contributed by atoms with Crippen LogP contribution < -0.4 is 0 Å². The lowest BCUT2D eigenvalue weighted by Gasteiger charge is -2.42. The van der Waals surface area contributed by atoms with Crippen LogP contribution in [-0.4, -0.2) is 52.8 Å². The van der Waals surface area contributed by atoms with Crippen molar-refractivity contribution in [3.05, 3.63) is 42.5 Å². The van der Waals surface area contributed by atoms with Gasteiger partial charge >= 0.3 is 0 Å². The molecular formula is C20H26N4O3S. The molecule has 2 fully saturated rings. The quantitative estimate of drug-likeness (QED) is 0.740. The number of hydrogen-bond acceptors (Lipinski definition) is 5. The van der Waals surface area contributed by atoms with Gasteiger partial charge in [0.25, 0.3) is 0 Å². The summed E-state index contributed by atoms with van der Waals surface area (Å²) in [6, 6.07) is 8.33. The third kappa shape index (κ3) is 3.34. The number of amides is 1. The highest BCUT2D eigenvalue weighted by atomic mass is 32.2. The largest absolute Gasteiger partial charge is 0.341 e. The maximum atomic E-state index is 12.8. The first-order valence-corrected chi connectivity index (χ1v) is 11.5. The molecule has 28 heavy (non-hydrogen) atoms. The van der Waals surface area contributed by atoms with Gasteiger partial charge in [-0.2, -0.15) is 0 Å². The molecule has 7 nitrogen and oxygen atoms in total. The van der Waals surface area contributed by atoms with E-state index in [4.69, 9.17) is 0 Å². The third-order valence-corrected chi connectivity index (χ3v) is 8.07. The maximum Gasteiger partial charge on any atom is 0.223 e. The summed E-state index contributed by atoms with van der Waals surface area (Å²) in [6.45, 7) is 4.16. The lowest BCUT2D eigenvalue weighted by Crippen LogP contribution is -2.38.